The van der Waals surface area contributed by atoms with Crippen LogP contribution in [0.15, 0.2) is 42.1 Å². The van der Waals surface area contributed by atoms with Crippen molar-refractivity contribution < 1.29 is 19.2 Å². The van der Waals surface area contributed by atoms with E-state index in [2.05, 4.69) is 9.88 Å². The lowest BCUT2D eigenvalue weighted by atomic mass is 9.89. The Morgan fingerprint density at radius 2 is 2.10 bits per heavy atom. The second-order valence-corrected chi connectivity index (χ2v) is 7.61. The van der Waals surface area contributed by atoms with Crippen molar-refractivity contribution in [3.63, 3.8) is 0 Å². The number of carbonyl (C=O) groups is 1. The maximum absolute atomic E-state index is 11.7. The van der Waals surface area contributed by atoms with Crippen molar-refractivity contribution in [3.05, 3.63) is 69.0 Å². The number of hydrogen-bond donors (Lipinski definition) is 0. The van der Waals surface area contributed by atoms with Crippen molar-refractivity contribution in [3.8, 4) is 5.75 Å². The van der Waals surface area contributed by atoms with Crippen LogP contribution in [0.25, 0.3) is 5.57 Å². The van der Waals surface area contributed by atoms with Gasteiger partial charge in [-0.05, 0) is 31.9 Å². The van der Waals surface area contributed by atoms with Gasteiger partial charge in [0.25, 0.3) is 5.69 Å². The molecule has 0 unspecified atom stereocenters. The maximum Gasteiger partial charge on any atom is 0.307 e. The van der Waals surface area contributed by atoms with Gasteiger partial charge in [-0.15, -0.1) is 0 Å². The molecule has 3 heterocycles. The number of hydrogen-bond acceptors (Lipinski definition) is 7. The van der Waals surface area contributed by atoms with Gasteiger partial charge in [0, 0.05) is 54.7 Å². The summed E-state index contributed by atoms with van der Waals surface area (Å²) in [6.07, 6.45) is 3.73. The van der Waals surface area contributed by atoms with Crippen molar-refractivity contribution in [1.29, 1.82) is 0 Å². The summed E-state index contributed by atoms with van der Waals surface area (Å²) in [5.74, 6) is 0.461. The van der Waals surface area contributed by atoms with Crippen LogP contribution < -0.4 is 4.74 Å². The molecule has 1 aromatic carbocycles. The molecule has 8 heteroatoms. The van der Waals surface area contributed by atoms with Crippen LogP contribution >= 0.6 is 0 Å². The Morgan fingerprint density at radius 1 is 1.29 bits per heavy atom. The summed E-state index contributed by atoms with van der Waals surface area (Å²) in [5, 5.41) is 11.4. The van der Waals surface area contributed by atoms with E-state index in [0.29, 0.717) is 31.9 Å². The van der Waals surface area contributed by atoms with Crippen LogP contribution in [0.5, 0.6) is 5.75 Å². The minimum Gasteiger partial charge on any atom is -0.488 e. The molecule has 2 aliphatic heterocycles. The summed E-state index contributed by atoms with van der Waals surface area (Å²) in [6, 6.07) is 8.60. The van der Waals surface area contributed by atoms with E-state index in [-0.39, 0.29) is 16.6 Å². The van der Waals surface area contributed by atoms with Crippen molar-refractivity contribution in [2.45, 2.75) is 32.8 Å². The molecule has 0 radical (unpaired) electrons. The third-order valence-corrected chi connectivity index (χ3v) is 5.71. The molecule has 162 valence electrons. The van der Waals surface area contributed by atoms with E-state index < -0.39 is 0 Å². The number of nitrogens with zero attached hydrogens (tertiary/aromatic N) is 3. The molecule has 0 spiro atoms. The van der Waals surface area contributed by atoms with E-state index in [9.17, 15) is 14.9 Å². The van der Waals surface area contributed by atoms with Gasteiger partial charge in [-0.25, -0.2) is 0 Å². The predicted molar refractivity (Wildman–Crippen MR) is 115 cm³/mol. The number of benzene rings is 1. The van der Waals surface area contributed by atoms with E-state index in [0.717, 1.165) is 48.3 Å². The quantitative estimate of drug-likeness (QED) is 0.411. The Bertz CT molecular complexity index is 1020. The number of piperidine rings is 1. The Morgan fingerprint density at radius 3 is 2.84 bits per heavy atom. The number of nitro benzene ring substituents is 1. The molecule has 0 amide bonds. The number of rotatable bonds is 5. The van der Waals surface area contributed by atoms with Crippen LogP contribution in [-0.2, 0) is 16.1 Å². The Kier molecular flexibility index (Phi) is 6.27. The lowest BCUT2D eigenvalue weighted by molar-refractivity contribution is -0.384. The van der Waals surface area contributed by atoms with E-state index in [1.54, 1.807) is 18.3 Å². The normalized spacial score (nSPS) is 16.0. The number of fused-ring (bicyclic) bond motifs is 2. The van der Waals surface area contributed by atoms with Crippen LogP contribution in [0, 0.1) is 10.1 Å². The number of aromatic nitrogens is 1. The molecule has 1 saturated heterocycles. The molecule has 0 aliphatic carbocycles. The minimum absolute atomic E-state index is 0.0340. The van der Waals surface area contributed by atoms with Gasteiger partial charge in [-0.3, -0.25) is 19.9 Å². The van der Waals surface area contributed by atoms with Crippen molar-refractivity contribution in [2.75, 3.05) is 26.2 Å². The summed E-state index contributed by atoms with van der Waals surface area (Å²) in [4.78, 5) is 29.6. The molecular weight excluding hydrogens is 398 g/mol. The highest BCUT2D eigenvalue weighted by atomic mass is 16.6. The van der Waals surface area contributed by atoms with Crippen LogP contribution in [0.3, 0.4) is 0 Å². The predicted octanol–water partition coefficient (Wildman–Crippen LogP) is 3.73. The first-order valence-electron chi connectivity index (χ1n) is 10.5. The SMILES string of the molecule is CCOC(=O)CCN1CCC(=C2c3cc([N+](=O)[O-])ccc3OCc3cccnc32)CC1. The second-order valence-electron chi connectivity index (χ2n) is 7.61. The van der Waals surface area contributed by atoms with Gasteiger partial charge in [0.05, 0.1) is 23.6 Å². The van der Waals surface area contributed by atoms with E-state index in [1.807, 2.05) is 19.1 Å². The summed E-state index contributed by atoms with van der Waals surface area (Å²) in [5.41, 5.74) is 4.70. The summed E-state index contributed by atoms with van der Waals surface area (Å²) >= 11 is 0. The van der Waals surface area contributed by atoms with Crippen LogP contribution in [0.1, 0.15) is 43.0 Å². The zero-order valence-electron chi connectivity index (χ0n) is 17.5. The number of ether oxygens (including phenoxy) is 2. The fourth-order valence-corrected chi connectivity index (χ4v) is 4.15. The van der Waals surface area contributed by atoms with Crippen molar-refractivity contribution in [2.24, 2.45) is 0 Å². The van der Waals surface area contributed by atoms with Gasteiger partial charge in [0.2, 0.25) is 0 Å². The van der Waals surface area contributed by atoms with Crippen LogP contribution in [0.4, 0.5) is 5.69 Å². The number of carbonyl (C=O) groups excluding carboxylic acids is 1. The minimum atomic E-state index is -0.384. The lowest BCUT2D eigenvalue weighted by Crippen LogP contribution is -2.33. The molecule has 2 aromatic rings. The maximum atomic E-state index is 11.7. The molecule has 0 bridgehead atoms. The molecule has 0 saturated carbocycles. The first-order chi connectivity index (χ1) is 15.1. The Hall–Kier alpha value is -3.26. The summed E-state index contributed by atoms with van der Waals surface area (Å²) in [6.45, 7) is 4.87. The highest BCUT2D eigenvalue weighted by Gasteiger charge is 2.27. The zero-order valence-corrected chi connectivity index (χ0v) is 17.5. The van der Waals surface area contributed by atoms with Gasteiger partial charge in [0.15, 0.2) is 0 Å². The number of esters is 1. The van der Waals surface area contributed by atoms with Crippen molar-refractivity contribution in [1.82, 2.24) is 9.88 Å². The lowest BCUT2D eigenvalue weighted by Gasteiger charge is -2.29. The van der Waals surface area contributed by atoms with Crippen LogP contribution in [0.2, 0.25) is 0 Å². The van der Waals surface area contributed by atoms with Crippen molar-refractivity contribution >= 4 is 17.2 Å². The number of non-ortho nitro benzene ring substituents is 1. The Balaban J connectivity index is 1.66. The van der Waals surface area contributed by atoms with Crippen LogP contribution in [-0.4, -0.2) is 47.0 Å². The standard InChI is InChI=1S/C23H25N3O5/c1-2-30-21(27)9-13-25-11-7-16(8-12-25)22-19-14-18(26(28)29)5-6-20(19)31-15-17-4-3-10-24-23(17)22/h3-6,10,14H,2,7-9,11-13,15H2,1H3. The number of likely N-dealkylation sites (tertiary alicyclic amines) is 1. The molecule has 0 atom stereocenters. The zero-order chi connectivity index (χ0) is 21.8. The van der Waals surface area contributed by atoms with E-state index >= 15 is 0 Å². The largest absolute Gasteiger partial charge is 0.488 e. The molecule has 0 N–H and O–H groups in total. The average Bonchev–Trinajstić information content (AvgIpc) is 2.94. The first kappa shape index (κ1) is 21.0. The third kappa shape index (κ3) is 4.59. The van der Waals surface area contributed by atoms with Gasteiger partial charge in [-0.2, -0.15) is 0 Å². The average molecular weight is 423 g/mol. The Labute approximate surface area is 180 Å². The fraction of sp³-hybridized carbons (Fsp3) is 0.391. The molecule has 1 aromatic heterocycles. The summed E-state index contributed by atoms with van der Waals surface area (Å²) < 4.78 is 11.0. The second kappa shape index (κ2) is 9.26. The topological polar surface area (TPSA) is 94.8 Å². The third-order valence-electron chi connectivity index (χ3n) is 5.71. The molecule has 8 nitrogen and oxygen atoms in total. The monoisotopic (exact) mass is 423 g/mol. The van der Waals surface area contributed by atoms with E-state index in [1.165, 1.54) is 11.6 Å². The van der Waals surface area contributed by atoms with Gasteiger partial charge >= 0.3 is 5.97 Å². The van der Waals surface area contributed by atoms with Gasteiger partial charge < -0.3 is 14.4 Å². The molecular formula is C23H25N3O5. The van der Waals surface area contributed by atoms with Gasteiger partial charge in [0.1, 0.15) is 12.4 Å². The first-order valence-corrected chi connectivity index (χ1v) is 10.5. The number of pyridine rings is 1. The molecule has 1 fully saturated rings. The summed E-state index contributed by atoms with van der Waals surface area (Å²) in [7, 11) is 0. The molecule has 4 rings (SSSR count). The molecule has 2 aliphatic rings. The van der Waals surface area contributed by atoms with E-state index in [4.69, 9.17) is 9.47 Å². The van der Waals surface area contributed by atoms with Gasteiger partial charge in [-0.1, -0.05) is 11.6 Å². The smallest absolute Gasteiger partial charge is 0.307 e. The molecule has 31 heavy (non-hydrogen) atoms. The number of nitro groups is 1. The highest BCUT2D eigenvalue weighted by Crippen LogP contribution is 2.41. The highest BCUT2D eigenvalue weighted by molar-refractivity contribution is 5.86. The fourth-order valence-electron chi connectivity index (χ4n) is 4.15.